The summed E-state index contributed by atoms with van der Waals surface area (Å²) in [7, 11) is 0. The first-order chi connectivity index (χ1) is 14.4. The Kier molecular flexibility index (Phi) is 5.95. The van der Waals surface area contributed by atoms with Crippen LogP contribution in [-0.4, -0.2) is 36.3 Å². The Hall–Kier alpha value is -2.60. The van der Waals surface area contributed by atoms with E-state index in [9.17, 15) is 9.59 Å². The van der Waals surface area contributed by atoms with E-state index in [-0.39, 0.29) is 17.7 Å². The predicted octanol–water partition coefficient (Wildman–Crippen LogP) is 4.83. The van der Waals surface area contributed by atoms with Crippen LogP contribution in [0.5, 0.6) is 0 Å². The molecule has 2 aromatic rings. The van der Waals surface area contributed by atoms with Gasteiger partial charge >= 0.3 is 0 Å². The maximum absolute atomic E-state index is 13.1. The van der Waals surface area contributed by atoms with Crippen LogP contribution in [0.3, 0.4) is 0 Å². The van der Waals surface area contributed by atoms with Crippen molar-refractivity contribution in [2.45, 2.75) is 33.6 Å². The van der Waals surface area contributed by atoms with E-state index in [0.29, 0.717) is 17.8 Å². The van der Waals surface area contributed by atoms with Crippen molar-refractivity contribution < 1.29 is 9.59 Å². The Morgan fingerprint density at radius 1 is 1.07 bits per heavy atom. The first-order valence-electron chi connectivity index (χ1n) is 10.7. The molecule has 3 heterocycles. The van der Waals surface area contributed by atoms with Crippen LogP contribution in [0.2, 0.25) is 0 Å². The summed E-state index contributed by atoms with van der Waals surface area (Å²) in [5.41, 5.74) is 2.88. The summed E-state index contributed by atoms with van der Waals surface area (Å²) in [5, 5.41) is 5.18. The molecule has 1 aromatic carbocycles. The minimum atomic E-state index is -0.244. The van der Waals surface area contributed by atoms with E-state index in [1.54, 1.807) is 0 Å². The topological polar surface area (TPSA) is 52.7 Å². The van der Waals surface area contributed by atoms with Gasteiger partial charge in [-0.15, -0.1) is 11.3 Å². The van der Waals surface area contributed by atoms with Gasteiger partial charge < -0.3 is 10.2 Å². The lowest BCUT2D eigenvalue weighted by Crippen LogP contribution is -2.35. The van der Waals surface area contributed by atoms with Gasteiger partial charge in [0.2, 0.25) is 0 Å². The van der Waals surface area contributed by atoms with Crippen molar-refractivity contribution in [2.24, 2.45) is 11.8 Å². The molecule has 0 radical (unpaired) electrons. The first-order valence-corrected chi connectivity index (χ1v) is 11.6. The number of carbonyl (C=O) groups is 2. The molecule has 1 fully saturated rings. The largest absolute Gasteiger partial charge is 0.372 e. The Balaban J connectivity index is 1.58. The van der Waals surface area contributed by atoms with Gasteiger partial charge in [-0.25, -0.2) is 0 Å². The van der Waals surface area contributed by atoms with Gasteiger partial charge in [0, 0.05) is 35.9 Å². The summed E-state index contributed by atoms with van der Waals surface area (Å²) in [6.07, 6.45) is 2.44. The van der Waals surface area contributed by atoms with Crippen molar-refractivity contribution in [1.29, 1.82) is 0 Å². The number of anilines is 2. The Morgan fingerprint density at radius 2 is 1.77 bits per heavy atom. The second-order valence-corrected chi connectivity index (χ2v) is 9.63. The number of imide groups is 1. The number of nitrogens with zero attached hydrogens (tertiary/aromatic N) is 2. The van der Waals surface area contributed by atoms with Crippen molar-refractivity contribution in [2.75, 3.05) is 29.9 Å². The zero-order valence-corrected chi connectivity index (χ0v) is 18.7. The third-order valence-electron chi connectivity index (χ3n) is 5.77. The molecule has 0 bridgehead atoms. The van der Waals surface area contributed by atoms with Gasteiger partial charge in [0.15, 0.2) is 0 Å². The minimum Gasteiger partial charge on any atom is -0.372 e. The smallest absolute Gasteiger partial charge is 0.278 e. The normalized spacial score (nSPS) is 18.1. The van der Waals surface area contributed by atoms with Crippen LogP contribution in [0.4, 0.5) is 11.4 Å². The van der Waals surface area contributed by atoms with Gasteiger partial charge in [-0.3, -0.25) is 14.5 Å². The summed E-state index contributed by atoms with van der Waals surface area (Å²) in [4.78, 5) is 30.7. The molecular formula is C24H29N3O2S. The lowest BCUT2D eigenvalue weighted by Gasteiger charge is -2.32. The van der Waals surface area contributed by atoms with E-state index in [4.69, 9.17) is 0 Å². The Labute approximate surface area is 182 Å². The third kappa shape index (κ3) is 4.15. The number of benzene rings is 1. The van der Waals surface area contributed by atoms with Crippen LogP contribution < -0.4 is 10.2 Å². The summed E-state index contributed by atoms with van der Waals surface area (Å²) < 4.78 is 0. The number of rotatable bonds is 6. The second-order valence-electron chi connectivity index (χ2n) is 8.68. The summed E-state index contributed by atoms with van der Waals surface area (Å²) in [6.45, 7) is 8.92. The molecule has 0 atom stereocenters. The van der Waals surface area contributed by atoms with Crippen molar-refractivity contribution >= 4 is 40.1 Å². The number of amides is 2. The van der Waals surface area contributed by atoms with Crippen LogP contribution in [0.1, 0.15) is 38.5 Å². The van der Waals surface area contributed by atoms with E-state index in [1.165, 1.54) is 34.8 Å². The molecule has 158 valence electrons. The van der Waals surface area contributed by atoms with E-state index < -0.39 is 0 Å². The van der Waals surface area contributed by atoms with Crippen molar-refractivity contribution in [3.63, 3.8) is 0 Å². The molecule has 1 N–H and O–H groups in total. The molecule has 2 amide bonds. The molecule has 1 saturated heterocycles. The number of carbonyl (C=O) groups excluding carboxylic acids is 2. The number of hydrogen-bond donors (Lipinski definition) is 1. The minimum absolute atomic E-state index is 0.210. The summed E-state index contributed by atoms with van der Waals surface area (Å²) in [6, 6.07) is 12.0. The maximum Gasteiger partial charge on any atom is 0.278 e. The quantitative estimate of drug-likeness (QED) is 0.676. The van der Waals surface area contributed by atoms with Gasteiger partial charge in [-0.1, -0.05) is 26.8 Å². The third-order valence-corrected chi connectivity index (χ3v) is 6.66. The fraction of sp³-hybridized carbons (Fsp3) is 0.417. The SMILES string of the molecule is CC(C)CN1C(=O)C(Nc2ccc(N3CCC(C)CC3)cc2)=C(c2cccs2)C1=O. The molecule has 0 aliphatic carbocycles. The highest BCUT2D eigenvalue weighted by Crippen LogP contribution is 2.33. The lowest BCUT2D eigenvalue weighted by atomic mass is 9.99. The number of nitrogens with one attached hydrogen (secondary N) is 1. The number of thiophene rings is 1. The Morgan fingerprint density at radius 3 is 2.37 bits per heavy atom. The standard InChI is InChI=1S/C24H29N3O2S/c1-16(2)15-27-23(28)21(20-5-4-14-30-20)22(24(27)29)25-18-6-8-19(9-7-18)26-12-10-17(3)11-13-26/h4-9,14,16-17,25H,10-13,15H2,1-3H3. The number of piperidine rings is 1. The zero-order chi connectivity index (χ0) is 21.3. The molecule has 0 saturated carbocycles. The van der Waals surface area contributed by atoms with Gasteiger partial charge in [-0.05, 0) is 60.4 Å². The maximum atomic E-state index is 13.1. The average molecular weight is 424 g/mol. The van der Waals surface area contributed by atoms with Gasteiger partial charge in [0.1, 0.15) is 5.70 Å². The van der Waals surface area contributed by atoms with Crippen LogP contribution in [0.15, 0.2) is 47.5 Å². The molecule has 30 heavy (non-hydrogen) atoms. The van der Waals surface area contributed by atoms with Crippen molar-refractivity contribution in [3.8, 4) is 0 Å². The average Bonchev–Trinajstić information content (AvgIpc) is 3.32. The van der Waals surface area contributed by atoms with Crippen LogP contribution in [-0.2, 0) is 9.59 Å². The molecule has 0 spiro atoms. The fourth-order valence-corrected chi connectivity index (χ4v) is 4.81. The molecular weight excluding hydrogens is 394 g/mol. The second kappa shape index (κ2) is 8.64. The summed E-state index contributed by atoms with van der Waals surface area (Å²) >= 11 is 1.48. The highest BCUT2D eigenvalue weighted by atomic mass is 32.1. The van der Waals surface area contributed by atoms with Crippen molar-refractivity contribution in [1.82, 2.24) is 4.90 Å². The fourth-order valence-electron chi connectivity index (χ4n) is 4.04. The first kappa shape index (κ1) is 20.7. The molecule has 6 heteroatoms. The van der Waals surface area contributed by atoms with Gasteiger partial charge in [-0.2, -0.15) is 0 Å². The van der Waals surface area contributed by atoms with E-state index in [0.717, 1.165) is 29.6 Å². The van der Waals surface area contributed by atoms with Crippen LogP contribution in [0, 0.1) is 11.8 Å². The molecule has 2 aliphatic heterocycles. The highest BCUT2D eigenvalue weighted by molar-refractivity contribution is 7.11. The Bertz CT molecular complexity index is 939. The predicted molar refractivity (Wildman–Crippen MR) is 123 cm³/mol. The number of hydrogen-bond acceptors (Lipinski definition) is 5. The lowest BCUT2D eigenvalue weighted by molar-refractivity contribution is -0.137. The highest BCUT2D eigenvalue weighted by Gasteiger charge is 2.39. The van der Waals surface area contributed by atoms with Crippen LogP contribution >= 0.6 is 11.3 Å². The summed E-state index contributed by atoms with van der Waals surface area (Å²) in [5.74, 6) is 0.557. The van der Waals surface area contributed by atoms with Gasteiger partial charge in [0.05, 0.1) is 5.57 Å². The molecule has 1 aromatic heterocycles. The van der Waals surface area contributed by atoms with Crippen molar-refractivity contribution in [3.05, 3.63) is 52.4 Å². The zero-order valence-electron chi connectivity index (χ0n) is 17.9. The van der Waals surface area contributed by atoms with E-state index in [2.05, 4.69) is 29.3 Å². The molecule has 4 rings (SSSR count). The van der Waals surface area contributed by atoms with Crippen LogP contribution in [0.25, 0.3) is 5.57 Å². The van der Waals surface area contributed by atoms with Gasteiger partial charge in [0.25, 0.3) is 11.8 Å². The molecule has 2 aliphatic rings. The molecule has 5 nitrogen and oxygen atoms in total. The molecule has 0 unspecified atom stereocenters. The van der Waals surface area contributed by atoms with E-state index in [1.807, 2.05) is 43.5 Å². The van der Waals surface area contributed by atoms with E-state index >= 15 is 0 Å². The monoisotopic (exact) mass is 423 g/mol.